The van der Waals surface area contributed by atoms with Crippen LogP contribution in [0.15, 0.2) is 47.5 Å². The number of nitrogens with zero attached hydrogens (tertiary/aromatic N) is 3. The minimum Gasteiger partial charge on any atom is -0.497 e. The molecule has 3 amide bonds. The minimum atomic E-state index is -0.353. The molecule has 2 aliphatic rings. The molecule has 8 nitrogen and oxygen atoms in total. The second-order valence-corrected chi connectivity index (χ2v) is 9.80. The molecule has 2 aromatic rings. The lowest BCUT2D eigenvalue weighted by Gasteiger charge is -2.36. The van der Waals surface area contributed by atoms with Gasteiger partial charge in [0, 0.05) is 24.2 Å². The zero-order valence-electron chi connectivity index (χ0n) is 21.2. The normalized spacial score (nSPS) is 19.8. The molecule has 1 fully saturated rings. The van der Waals surface area contributed by atoms with Crippen LogP contribution in [0, 0.1) is 5.92 Å². The van der Waals surface area contributed by atoms with Crippen LogP contribution in [0.25, 0.3) is 0 Å². The van der Waals surface area contributed by atoms with Gasteiger partial charge >= 0.3 is 6.03 Å². The van der Waals surface area contributed by atoms with Crippen molar-refractivity contribution in [2.75, 3.05) is 33.4 Å². The number of hydrogen-bond donors (Lipinski definition) is 1. The van der Waals surface area contributed by atoms with Gasteiger partial charge in [-0.3, -0.25) is 14.7 Å². The van der Waals surface area contributed by atoms with Crippen LogP contribution in [0.3, 0.4) is 0 Å². The van der Waals surface area contributed by atoms with Crippen molar-refractivity contribution in [2.24, 2.45) is 10.9 Å². The highest BCUT2D eigenvalue weighted by Gasteiger charge is 2.44. The molecule has 36 heavy (non-hydrogen) atoms. The molecule has 0 aromatic heterocycles. The van der Waals surface area contributed by atoms with Gasteiger partial charge in [0.2, 0.25) is 5.91 Å². The molecule has 2 atom stereocenters. The molecule has 0 spiro atoms. The van der Waals surface area contributed by atoms with Crippen molar-refractivity contribution in [3.05, 3.63) is 58.6 Å². The first-order valence-corrected chi connectivity index (χ1v) is 12.7. The Kier molecular flexibility index (Phi) is 8.04. The summed E-state index contributed by atoms with van der Waals surface area (Å²) in [5.41, 5.74) is 1.64. The molecular formula is C27H33ClN4O4. The molecule has 2 aromatic carbocycles. The molecule has 9 heteroatoms. The topological polar surface area (TPSA) is 83.5 Å². The number of halogens is 1. The maximum Gasteiger partial charge on any atom is 0.326 e. The van der Waals surface area contributed by atoms with E-state index in [0.717, 1.165) is 12.0 Å². The van der Waals surface area contributed by atoms with Crippen LogP contribution >= 0.6 is 11.6 Å². The third kappa shape index (κ3) is 5.43. The first kappa shape index (κ1) is 25.8. The molecule has 192 valence electrons. The Labute approximate surface area is 217 Å². The highest BCUT2D eigenvalue weighted by molar-refractivity contribution is 6.30. The summed E-state index contributed by atoms with van der Waals surface area (Å²) in [7, 11) is 1.60. The summed E-state index contributed by atoms with van der Waals surface area (Å²) in [6, 6.07) is 12.3. The number of carbonyl (C=O) groups excluding carboxylic acids is 2. The Morgan fingerprint density at radius 2 is 1.97 bits per heavy atom. The maximum absolute atomic E-state index is 14.1. The average molecular weight is 513 g/mol. The van der Waals surface area contributed by atoms with Crippen LogP contribution in [0.1, 0.15) is 44.4 Å². The molecule has 0 radical (unpaired) electrons. The smallest absolute Gasteiger partial charge is 0.326 e. The summed E-state index contributed by atoms with van der Waals surface area (Å²) in [6.07, 6.45) is 0.779. The number of carbonyl (C=O) groups is 2. The quantitative estimate of drug-likeness (QED) is 0.591. The van der Waals surface area contributed by atoms with Crippen molar-refractivity contribution < 1.29 is 19.1 Å². The Morgan fingerprint density at radius 1 is 1.22 bits per heavy atom. The van der Waals surface area contributed by atoms with Crippen molar-refractivity contribution in [3.63, 3.8) is 0 Å². The van der Waals surface area contributed by atoms with Crippen molar-refractivity contribution in [1.29, 1.82) is 0 Å². The number of aliphatic imine (C=N–C) groups is 1. The van der Waals surface area contributed by atoms with E-state index in [2.05, 4.69) is 19.2 Å². The van der Waals surface area contributed by atoms with Crippen molar-refractivity contribution in [2.45, 2.75) is 39.3 Å². The first-order chi connectivity index (χ1) is 17.3. The van der Waals surface area contributed by atoms with Crippen molar-refractivity contribution in [1.82, 2.24) is 15.1 Å². The largest absolute Gasteiger partial charge is 0.497 e. The van der Waals surface area contributed by atoms with Crippen LogP contribution in [-0.4, -0.2) is 67.0 Å². The monoisotopic (exact) mass is 512 g/mol. The summed E-state index contributed by atoms with van der Waals surface area (Å²) >= 11 is 6.19. The highest BCUT2D eigenvalue weighted by atomic mass is 35.5. The highest BCUT2D eigenvalue weighted by Crippen LogP contribution is 2.40. The van der Waals surface area contributed by atoms with Gasteiger partial charge in [0.15, 0.2) is 0 Å². The van der Waals surface area contributed by atoms with E-state index >= 15 is 0 Å². The number of benzene rings is 2. The van der Waals surface area contributed by atoms with Gasteiger partial charge in [-0.1, -0.05) is 37.6 Å². The second kappa shape index (κ2) is 11.2. The standard InChI is InChI=1S/C27H33ClN4O4/c1-5-36-23-15-20(35-4)10-11-21(23)26-30-22(14-17(2)3)25(18-6-8-19(28)9-7-18)32(26)27(34)31-13-12-29-24(33)16-31/h6-11,15,17,22,25H,5,12-14,16H2,1-4H3,(H,29,33)/t22-,25+/m1/s1. The van der Waals surface area contributed by atoms with Crippen LogP contribution in [0.2, 0.25) is 5.02 Å². The third-order valence-corrected chi connectivity index (χ3v) is 6.58. The van der Waals surface area contributed by atoms with E-state index in [0.29, 0.717) is 53.5 Å². The summed E-state index contributed by atoms with van der Waals surface area (Å²) in [5.74, 6) is 1.95. The lowest BCUT2D eigenvalue weighted by molar-refractivity contribution is -0.123. The Bertz CT molecular complexity index is 1140. The van der Waals surface area contributed by atoms with Gasteiger partial charge in [-0.05, 0) is 49.1 Å². The predicted molar refractivity (Wildman–Crippen MR) is 140 cm³/mol. The fraction of sp³-hybridized carbons (Fsp3) is 0.444. The summed E-state index contributed by atoms with van der Waals surface area (Å²) in [5, 5.41) is 3.42. The van der Waals surface area contributed by atoms with Crippen LogP contribution in [0.5, 0.6) is 11.5 Å². The number of amides is 3. The van der Waals surface area contributed by atoms with Crippen molar-refractivity contribution in [3.8, 4) is 11.5 Å². The van der Waals surface area contributed by atoms with Gasteiger partial charge in [-0.2, -0.15) is 0 Å². The SMILES string of the molecule is CCOc1cc(OC)ccc1C1=N[C@H](CC(C)C)[C@H](c2ccc(Cl)cc2)N1C(=O)N1CCNC(=O)C1. The molecule has 4 rings (SSSR count). The molecule has 0 bridgehead atoms. The third-order valence-electron chi connectivity index (χ3n) is 6.33. The summed E-state index contributed by atoms with van der Waals surface area (Å²) < 4.78 is 11.4. The number of methoxy groups -OCH3 is 1. The second-order valence-electron chi connectivity index (χ2n) is 9.37. The Balaban J connectivity index is 1.85. The van der Waals surface area contributed by atoms with Gasteiger partial charge in [-0.25, -0.2) is 4.79 Å². The van der Waals surface area contributed by atoms with Gasteiger partial charge < -0.3 is 19.7 Å². The number of rotatable bonds is 7. The van der Waals surface area contributed by atoms with Gasteiger partial charge in [-0.15, -0.1) is 0 Å². The number of ether oxygens (including phenoxy) is 2. The Hall–Kier alpha value is -3.26. The molecular weight excluding hydrogens is 480 g/mol. The molecule has 0 unspecified atom stereocenters. The van der Waals surface area contributed by atoms with E-state index in [4.69, 9.17) is 26.1 Å². The van der Waals surface area contributed by atoms with Crippen LogP contribution < -0.4 is 14.8 Å². The summed E-state index contributed by atoms with van der Waals surface area (Å²) in [4.78, 5) is 34.7. The fourth-order valence-corrected chi connectivity index (χ4v) is 4.87. The fourth-order valence-electron chi connectivity index (χ4n) is 4.74. The van der Waals surface area contributed by atoms with E-state index in [1.165, 1.54) is 0 Å². The van der Waals surface area contributed by atoms with Gasteiger partial charge in [0.05, 0.1) is 31.4 Å². The molecule has 0 saturated carbocycles. The number of hydrogen-bond acceptors (Lipinski definition) is 5. The molecule has 1 saturated heterocycles. The maximum atomic E-state index is 14.1. The van der Waals surface area contributed by atoms with E-state index in [1.807, 2.05) is 49.4 Å². The zero-order valence-corrected chi connectivity index (χ0v) is 21.9. The van der Waals surface area contributed by atoms with E-state index in [9.17, 15) is 9.59 Å². The molecule has 0 aliphatic carbocycles. The lowest BCUT2D eigenvalue weighted by atomic mass is 9.93. The number of piperazine rings is 1. The lowest BCUT2D eigenvalue weighted by Crippen LogP contribution is -2.55. The van der Waals surface area contributed by atoms with Gasteiger partial charge in [0.1, 0.15) is 23.9 Å². The number of urea groups is 1. The number of nitrogens with one attached hydrogen (secondary N) is 1. The zero-order chi connectivity index (χ0) is 25.8. The Morgan fingerprint density at radius 3 is 2.61 bits per heavy atom. The van der Waals surface area contributed by atoms with E-state index in [1.54, 1.807) is 16.9 Å². The average Bonchev–Trinajstić information content (AvgIpc) is 3.22. The van der Waals surface area contributed by atoms with Crippen LogP contribution in [0.4, 0.5) is 4.79 Å². The van der Waals surface area contributed by atoms with Crippen LogP contribution in [-0.2, 0) is 4.79 Å². The molecule has 2 aliphatic heterocycles. The summed E-state index contributed by atoms with van der Waals surface area (Å²) in [6.45, 7) is 7.50. The van der Waals surface area contributed by atoms with E-state index < -0.39 is 0 Å². The van der Waals surface area contributed by atoms with Crippen molar-refractivity contribution >= 4 is 29.4 Å². The minimum absolute atomic E-state index is 0.00568. The molecule has 2 heterocycles. The predicted octanol–water partition coefficient (Wildman–Crippen LogP) is 4.52. The van der Waals surface area contributed by atoms with E-state index in [-0.39, 0.29) is 30.6 Å². The molecule has 1 N–H and O–H groups in total. The first-order valence-electron chi connectivity index (χ1n) is 12.3. The van der Waals surface area contributed by atoms with Gasteiger partial charge in [0.25, 0.3) is 0 Å². The number of amidine groups is 1.